The lowest BCUT2D eigenvalue weighted by atomic mass is 10.2. The molecule has 0 bridgehead atoms. The summed E-state index contributed by atoms with van der Waals surface area (Å²) < 4.78 is 19.0. The van der Waals surface area contributed by atoms with Gasteiger partial charge < -0.3 is 10.1 Å². The molecule has 2 rings (SSSR count). The van der Waals surface area contributed by atoms with Crippen molar-refractivity contribution in [2.24, 2.45) is 0 Å². The molecule has 0 spiro atoms. The molecule has 0 radical (unpaired) electrons. The first-order chi connectivity index (χ1) is 9.70. The second kappa shape index (κ2) is 7.42. The quantitative estimate of drug-likeness (QED) is 0.822. The summed E-state index contributed by atoms with van der Waals surface area (Å²) in [5, 5.41) is 3.21. The van der Waals surface area contributed by atoms with Gasteiger partial charge in [-0.2, -0.15) is 0 Å². The molecular weight excluding hydrogens is 325 g/mol. The van der Waals surface area contributed by atoms with Gasteiger partial charge in [0, 0.05) is 36.4 Å². The van der Waals surface area contributed by atoms with E-state index in [0.717, 1.165) is 16.7 Å². The summed E-state index contributed by atoms with van der Waals surface area (Å²) >= 11 is 3.39. The van der Waals surface area contributed by atoms with E-state index in [-0.39, 0.29) is 5.82 Å². The van der Waals surface area contributed by atoms with Crippen LogP contribution in [0.4, 0.5) is 4.39 Å². The van der Waals surface area contributed by atoms with E-state index in [4.69, 9.17) is 4.74 Å². The first-order valence-corrected chi connectivity index (χ1v) is 6.97. The lowest BCUT2D eigenvalue weighted by Gasteiger charge is -2.07. The molecule has 0 aliphatic carbocycles. The van der Waals surface area contributed by atoms with Gasteiger partial charge in [-0.15, -0.1) is 0 Å². The molecular formula is C14H15BrFN3O. The summed E-state index contributed by atoms with van der Waals surface area (Å²) in [6.07, 6.45) is 1.67. The molecule has 0 fully saturated rings. The third-order valence-electron chi connectivity index (χ3n) is 2.67. The molecule has 0 atom stereocenters. The predicted octanol–water partition coefficient (Wildman–Crippen LogP) is 2.78. The Hall–Kier alpha value is -1.37. The molecule has 6 heteroatoms. The van der Waals surface area contributed by atoms with Gasteiger partial charge in [0.2, 0.25) is 0 Å². The van der Waals surface area contributed by atoms with Crippen LogP contribution in [0.25, 0.3) is 11.4 Å². The van der Waals surface area contributed by atoms with Crippen LogP contribution in [0.1, 0.15) is 5.69 Å². The van der Waals surface area contributed by atoms with Crippen molar-refractivity contribution in [2.45, 2.75) is 6.54 Å². The van der Waals surface area contributed by atoms with Gasteiger partial charge in [0.1, 0.15) is 5.82 Å². The zero-order valence-electron chi connectivity index (χ0n) is 11.1. The van der Waals surface area contributed by atoms with Crippen LogP contribution in [0, 0.1) is 5.82 Å². The van der Waals surface area contributed by atoms with Gasteiger partial charge in [-0.1, -0.05) is 15.9 Å². The first kappa shape index (κ1) is 15.0. The van der Waals surface area contributed by atoms with Crippen molar-refractivity contribution in [1.29, 1.82) is 0 Å². The fourth-order valence-corrected chi connectivity index (χ4v) is 2.11. The highest BCUT2D eigenvalue weighted by atomic mass is 79.9. The number of nitrogens with zero attached hydrogens (tertiary/aromatic N) is 2. The molecule has 2 aromatic rings. The monoisotopic (exact) mass is 339 g/mol. The van der Waals surface area contributed by atoms with Crippen molar-refractivity contribution in [3.8, 4) is 11.4 Å². The maximum atomic E-state index is 13.3. The summed E-state index contributed by atoms with van der Waals surface area (Å²) in [7, 11) is 1.66. The average Bonchev–Trinajstić information content (AvgIpc) is 2.46. The molecule has 106 valence electrons. The van der Waals surface area contributed by atoms with Crippen LogP contribution >= 0.6 is 15.9 Å². The Morgan fingerprint density at radius 3 is 3.00 bits per heavy atom. The topological polar surface area (TPSA) is 47.0 Å². The highest BCUT2D eigenvalue weighted by Crippen LogP contribution is 2.26. The summed E-state index contributed by atoms with van der Waals surface area (Å²) in [4.78, 5) is 8.63. The zero-order chi connectivity index (χ0) is 14.4. The van der Waals surface area contributed by atoms with E-state index in [1.807, 2.05) is 6.07 Å². The van der Waals surface area contributed by atoms with Crippen molar-refractivity contribution in [3.05, 3.63) is 46.4 Å². The standard InChI is InChI=1S/C14H15BrFN3O/c1-20-7-6-17-9-11-4-5-18-14(19-11)12-8-10(16)2-3-13(12)15/h2-5,8,17H,6-7,9H2,1H3. The molecule has 4 nitrogen and oxygen atoms in total. The summed E-state index contributed by atoms with van der Waals surface area (Å²) in [6.45, 7) is 2.01. The number of ether oxygens (including phenoxy) is 1. The maximum Gasteiger partial charge on any atom is 0.160 e. The van der Waals surface area contributed by atoms with E-state index in [0.29, 0.717) is 24.5 Å². The lowest BCUT2D eigenvalue weighted by Crippen LogP contribution is -2.19. The number of hydrogen-bond donors (Lipinski definition) is 1. The average molecular weight is 340 g/mol. The highest BCUT2D eigenvalue weighted by Gasteiger charge is 2.08. The SMILES string of the molecule is COCCNCc1ccnc(-c2cc(F)ccc2Br)n1. The van der Waals surface area contributed by atoms with Crippen LogP contribution in [0.2, 0.25) is 0 Å². The van der Waals surface area contributed by atoms with Crippen molar-refractivity contribution >= 4 is 15.9 Å². The van der Waals surface area contributed by atoms with Gasteiger partial charge in [0.25, 0.3) is 0 Å². The van der Waals surface area contributed by atoms with Gasteiger partial charge in [-0.3, -0.25) is 0 Å². The Kier molecular flexibility index (Phi) is 5.58. The van der Waals surface area contributed by atoms with Gasteiger partial charge >= 0.3 is 0 Å². The molecule has 0 unspecified atom stereocenters. The van der Waals surface area contributed by atoms with E-state index >= 15 is 0 Å². The third kappa shape index (κ3) is 4.06. The molecule has 0 saturated carbocycles. The number of methoxy groups -OCH3 is 1. The zero-order valence-corrected chi connectivity index (χ0v) is 12.7. The maximum absolute atomic E-state index is 13.3. The molecule has 1 heterocycles. The Morgan fingerprint density at radius 1 is 1.35 bits per heavy atom. The largest absolute Gasteiger partial charge is 0.383 e. The molecule has 0 aliphatic rings. The van der Waals surface area contributed by atoms with Gasteiger partial charge in [0.05, 0.1) is 12.3 Å². The van der Waals surface area contributed by atoms with Crippen molar-refractivity contribution < 1.29 is 9.13 Å². The van der Waals surface area contributed by atoms with E-state index in [1.54, 1.807) is 19.4 Å². The molecule has 1 N–H and O–H groups in total. The van der Waals surface area contributed by atoms with Crippen LogP contribution in [-0.2, 0) is 11.3 Å². The Bertz CT molecular complexity index is 580. The van der Waals surface area contributed by atoms with Gasteiger partial charge in [-0.05, 0) is 24.3 Å². The minimum absolute atomic E-state index is 0.310. The van der Waals surface area contributed by atoms with E-state index < -0.39 is 0 Å². The summed E-state index contributed by atoms with van der Waals surface area (Å²) in [6, 6.07) is 6.29. The van der Waals surface area contributed by atoms with Crippen molar-refractivity contribution in [2.75, 3.05) is 20.3 Å². The molecule has 1 aromatic carbocycles. The Labute approximate surface area is 125 Å². The smallest absolute Gasteiger partial charge is 0.160 e. The highest BCUT2D eigenvalue weighted by molar-refractivity contribution is 9.10. The molecule has 20 heavy (non-hydrogen) atoms. The molecule has 0 aliphatic heterocycles. The number of benzene rings is 1. The molecule has 0 amide bonds. The first-order valence-electron chi connectivity index (χ1n) is 6.17. The van der Waals surface area contributed by atoms with Crippen LogP contribution < -0.4 is 5.32 Å². The van der Waals surface area contributed by atoms with Crippen molar-refractivity contribution in [3.63, 3.8) is 0 Å². The number of nitrogens with one attached hydrogen (secondary N) is 1. The second-order valence-corrected chi connectivity index (χ2v) is 5.02. The minimum Gasteiger partial charge on any atom is -0.383 e. The van der Waals surface area contributed by atoms with Crippen molar-refractivity contribution in [1.82, 2.24) is 15.3 Å². The molecule has 1 aromatic heterocycles. The minimum atomic E-state index is -0.310. The predicted molar refractivity (Wildman–Crippen MR) is 78.7 cm³/mol. The number of rotatable bonds is 6. The Morgan fingerprint density at radius 2 is 2.20 bits per heavy atom. The van der Waals surface area contributed by atoms with Crippen LogP contribution in [0.15, 0.2) is 34.9 Å². The normalized spacial score (nSPS) is 10.8. The van der Waals surface area contributed by atoms with Gasteiger partial charge in [-0.25, -0.2) is 14.4 Å². The third-order valence-corrected chi connectivity index (χ3v) is 3.36. The summed E-state index contributed by atoms with van der Waals surface area (Å²) in [5.74, 6) is 0.192. The van der Waals surface area contributed by atoms with E-state index in [2.05, 4.69) is 31.2 Å². The Balaban J connectivity index is 2.14. The second-order valence-electron chi connectivity index (χ2n) is 4.17. The van der Waals surface area contributed by atoms with Crippen LogP contribution in [-0.4, -0.2) is 30.2 Å². The fraction of sp³-hybridized carbons (Fsp3) is 0.286. The fourth-order valence-electron chi connectivity index (χ4n) is 1.68. The number of hydrogen-bond acceptors (Lipinski definition) is 4. The summed E-state index contributed by atoms with van der Waals surface area (Å²) in [5.41, 5.74) is 1.49. The van der Waals surface area contributed by atoms with Crippen LogP contribution in [0.5, 0.6) is 0 Å². The van der Waals surface area contributed by atoms with E-state index in [1.165, 1.54) is 12.1 Å². The molecule has 0 saturated heterocycles. The number of aromatic nitrogens is 2. The lowest BCUT2D eigenvalue weighted by molar-refractivity contribution is 0.199. The van der Waals surface area contributed by atoms with Gasteiger partial charge in [0.15, 0.2) is 5.82 Å². The van der Waals surface area contributed by atoms with Crippen LogP contribution in [0.3, 0.4) is 0 Å². The van der Waals surface area contributed by atoms with E-state index in [9.17, 15) is 4.39 Å². The number of halogens is 2.